The van der Waals surface area contributed by atoms with Crippen molar-refractivity contribution in [3.63, 3.8) is 0 Å². The largest absolute Gasteiger partial charge is 0.313 e. The fourth-order valence-corrected chi connectivity index (χ4v) is 5.89. The van der Waals surface area contributed by atoms with Crippen LogP contribution in [-0.2, 0) is 12.0 Å². The summed E-state index contributed by atoms with van der Waals surface area (Å²) >= 11 is 0. The van der Waals surface area contributed by atoms with E-state index in [2.05, 4.69) is 36.5 Å². The lowest BCUT2D eigenvalue weighted by molar-refractivity contribution is -0.00561. The zero-order chi connectivity index (χ0) is 13.6. The molecule has 4 fully saturated rings. The summed E-state index contributed by atoms with van der Waals surface area (Å²) < 4.78 is 0. The molecule has 4 aliphatic carbocycles. The number of rotatable bonds is 4. The lowest BCUT2D eigenvalue weighted by Gasteiger charge is -2.57. The minimum absolute atomic E-state index is 0. The summed E-state index contributed by atoms with van der Waals surface area (Å²) in [5, 5.41) is 3.54. The summed E-state index contributed by atoms with van der Waals surface area (Å²) in [5.74, 6) is 3.11. The summed E-state index contributed by atoms with van der Waals surface area (Å²) in [4.78, 5) is 0. The van der Waals surface area contributed by atoms with Crippen LogP contribution in [0.1, 0.15) is 56.6 Å². The van der Waals surface area contributed by atoms with E-state index in [9.17, 15) is 0 Å². The summed E-state index contributed by atoms with van der Waals surface area (Å²) in [6.07, 6.45) is 9.03. The Morgan fingerprint density at radius 1 is 1.00 bits per heavy atom. The number of nitrogens with one attached hydrogen (secondary N) is 1. The van der Waals surface area contributed by atoms with Gasteiger partial charge in [-0.15, -0.1) is 12.4 Å². The highest BCUT2D eigenvalue weighted by Gasteiger charge is 2.51. The molecule has 1 aromatic rings. The molecule has 21 heavy (non-hydrogen) atoms. The molecule has 0 saturated heterocycles. The Morgan fingerprint density at radius 2 is 1.57 bits per heavy atom. The van der Waals surface area contributed by atoms with E-state index >= 15 is 0 Å². The monoisotopic (exact) mass is 305 g/mol. The normalized spacial score (nSPS) is 36.5. The minimum Gasteiger partial charge on any atom is -0.313 e. The van der Waals surface area contributed by atoms with Crippen LogP contribution >= 0.6 is 12.4 Å². The Balaban J connectivity index is 0.00000132. The van der Waals surface area contributed by atoms with Gasteiger partial charge in [0, 0.05) is 6.54 Å². The summed E-state index contributed by atoms with van der Waals surface area (Å²) in [5.41, 5.74) is 3.80. The molecule has 0 amide bonds. The molecule has 5 rings (SSSR count). The zero-order valence-corrected chi connectivity index (χ0v) is 13.9. The molecule has 0 heterocycles. The van der Waals surface area contributed by atoms with E-state index in [0.717, 1.165) is 30.8 Å². The Hall–Kier alpha value is -0.530. The molecule has 0 aromatic heterocycles. The highest BCUT2D eigenvalue weighted by atomic mass is 35.5. The molecule has 1 N–H and O–H groups in total. The number of hydrogen-bond donors (Lipinski definition) is 1. The van der Waals surface area contributed by atoms with Gasteiger partial charge in [-0.3, -0.25) is 0 Å². The standard InChI is InChI=1S/C19H27N.ClH/c1-2-20-13-17-5-3-4-6-18(17)19-10-14-7-15(11-19)9-16(8-14)12-19;/h3-6,14-16,20H,2,7-13H2,1H3;1H. The second-order valence-corrected chi connectivity index (χ2v) is 7.64. The van der Waals surface area contributed by atoms with Crippen molar-refractivity contribution in [2.75, 3.05) is 6.54 Å². The van der Waals surface area contributed by atoms with Crippen LogP contribution in [0.5, 0.6) is 0 Å². The van der Waals surface area contributed by atoms with Crippen molar-refractivity contribution in [1.29, 1.82) is 0 Å². The fourth-order valence-electron chi connectivity index (χ4n) is 5.89. The van der Waals surface area contributed by atoms with Gasteiger partial charge in [-0.05, 0) is 79.4 Å². The molecule has 0 unspecified atom stereocenters. The molecule has 0 aliphatic heterocycles. The summed E-state index contributed by atoms with van der Waals surface area (Å²) in [6, 6.07) is 9.29. The summed E-state index contributed by atoms with van der Waals surface area (Å²) in [7, 11) is 0. The van der Waals surface area contributed by atoms with Gasteiger partial charge in [-0.1, -0.05) is 31.2 Å². The first-order chi connectivity index (χ1) is 9.79. The molecule has 0 radical (unpaired) electrons. The topological polar surface area (TPSA) is 12.0 Å². The number of halogens is 1. The smallest absolute Gasteiger partial charge is 0.0208 e. The van der Waals surface area contributed by atoms with Crippen molar-refractivity contribution < 1.29 is 0 Å². The quantitative estimate of drug-likeness (QED) is 0.851. The van der Waals surface area contributed by atoms with E-state index in [1.54, 1.807) is 11.1 Å². The van der Waals surface area contributed by atoms with E-state index in [0.29, 0.717) is 5.41 Å². The van der Waals surface area contributed by atoms with E-state index in [1.807, 2.05) is 0 Å². The summed E-state index contributed by atoms with van der Waals surface area (Å²) in [6.45, 7) is 4.32. The third kappa shape index (κ3) is 2.64. The average Bonchev–Trinajstić information content (AvgIpc) is 2.44. The molecular weight excluding hydrogens is 278 g/mol. The van der Waals surface area contributed by atoms with E-state index in [-0.39, 0.29) is 12.4 Å². The zero-order valence-electron chi connectivity index (χ0n) is 13.1. The van der Waals surface area contributed by atoms with Crippen LogP contribution in [0.15, 0.2) is 24.3 Å². The first kappa shape index (κ1) is 15.4. The molecule has 1 aromatic carbocycles. The van der Waals surface area contributed by atoms with Gasteiger partial charge >= 0.3 is 0 Å². The van der Waals surface area contributed by atoms with Crippen LogP contribution in [-0.4, -0.2) is 6.54 Å². The van der Waals surface area contributed by atoms with Crippen LogP contribution in [0.4, 0.5) is 0 Å². The number of hydrogen-bond acceptors (Lipinski definition) is 1. The number of benzene rings is 1. The van der Waals surface area contributed by atoms with Crippen molar-refractivity contribution in [2.45, 2.75) is 57.4 Å². The third-order valence-electron chi connectivity index (χ3n) is 6.19. The predicted octanol–water partition coefficient (Wildman–Crippen LogP) is 4.69. The van der Waals surface area contributed by atoms with Gasteiger partial charge in [0.1, 0.15) is 0 Å². The van der Waals surface area contributed by atoms with Crippen LogP contribution in [0, 0.1) is 17.8 Å². The molecule has 0 atom stereocenters. The Bertz CT molecular complexity index is 461. The van der Waals surface area contributed by atoms with E-state index in [1.165, 1.54) is 38.5 Å². The lowest BCUT2D eigenvalue weighted by Crippen LogP contribution is -2.49. The van der Waals surface area contributed by atoms with Crippen LogP contribution < -0.4 is 5.32 Å². The maximum atomic E-state index is 3.54. The molecule has 2 heteroatoms. The predicted molar refractivity (Wildman–Crippen MR) is 90.9 cm³/mol. The van der Waals surface area contributed by atoms with Crippen molar-refractivity contribution >= 4 is 12.4 Å². The first-order valence-electron chi connectivity index (χ1n) is 8.58. The highest BCUT2D eigenvalue weighted by molar-refractivity contribution is 5.85. The maximum absolute atomic E-state index is 3.54. The van der Waals surface area contributed by atoms with Crippen LogP contribution in [0.3, 0.4) is 0 Å². The van der Waals surface area contributed by atoms with Gasteiger partial charge in [0.2, 0.25) is 0 Å². The fraction of sp³-hybridized carbons (Fsp3) is 0.684. The molecule has 1 nitrogen and oxygen atoms in total. The Kier molecular flexibility index (Phi) is 4.34. The first-order valence-corrected chi connectivity index (χ1v) is 8.58. The van der Waals surface area contributed by atoms with Crippen molar-refractivity contribution in [2.24, 2.45) is 17.8 Å². The minimum atomic E-state index is 0. The van der Waals surface area contributed by atoms with Crippen LogP contribution in [0.25, 0.3) is 0 Å². The van der Waals surface area contributed by atoms with E-state index < -0.39 is 0 Å². The highest BCUT2D eigenvalue weighted by Crippen LogP contribution is 2.61. The van der Waals surface area contributed by atoms with Crippen molar-refractivity contribution in [3.05, 3.63) is 35.4 Å². The molecule has 4 bridgehead atoms. The van der Waals surface area contributed by atoms with Gasteiger partial charge in [0.05, 0.1) is 0 Å². The Morgan fingerprint density at radius 3 is 2.14 bits per heavy atom. The van der Waals surface area contributed by atoms with Gasteiger partial charge in [0.15, 0.2) is 0 Å². The van der Waals surface area contributed by atoms with Gasteiger partial charge in [-0.25, -0.2) is 0 Å². The van der Waals surface area contributed by atoms with E-state index in [4.69, 9.17) is 0 Å². The molecular formula is C19H28ClN. The van der Waals surface area contributed by atoms with Gasteiger partial charge < -0.3 is 5.32 Å². The molecule has 4 saturated carbocycles. The molecule has 116 valence electrons. The second-order valence-electron chi connectivity index (χ2n) is 7.64. The molecule has 4 aliphatic rings. The van der Waals surface area contributed by atoms with Gasteiger partial charge in [0.25, 0.3) is 0 Å². The SMILES string of the molecule is CCNCc1ccccc1C12CC3CC(CC(C3)C1)C2.Cl. The van der Waals surface area contributed by atoms with Crippen molar-refractivity contribution in [3.8, 4) is 0 Å². The van der Waals surface area contributed by atoms with Crippen LogP contribution in [0.2, 0.25) is 0 Å². The van der Waals surface area contributed by atoms with Crippen molar-refractivity contribution in [1.82, 2.24) is 5.32 Å². The average molecular weight is 306 g/mol. The second kappa shape index (κ2) is 5.93. The van der Waals surface area contributed by atoms with Gasteiger partial charge in [-0.2, -0.15) is 0 Å². The lowest BCUT2D eigenvalue weighted by atomic mass is 9.47. The molecule has 0 spiro atoms. The Labute approximate surface area is 135 Å². The maximum Gasteiger partial charge on any atom is 0.0208 e. The third-order valence-corrected chi connectivity index (χ3v) is 6.19.